The van der Waals surface area contributed by atoms with E-state index in [0.29, 0.717) is 17.5 Å². The highest BCUT2D eigenvalue weighted by Gasteiger charge is 2.20. The molecule has 11 rings (SSSR count). The topological polar surface area (TPSA) is 43.6 Å². The molecule has 0 aliphatic rings. The number of hydrogen-bond donors (Lipinski definition) is 0. The lowest BCUT2D eigenvalue weighted by Crippen LogP contribution is -2.01. The van der Waals surface area contributed by atoms with E-state index in [2.05, 4.69) is 162 Å². The van der Waals surface area contributed by atoms with Gasteiger partial charge in [0.2, 0.25) is 0 Å². The van der Waals surface area contributed by atoms with Gasteiger partial charge in [-0.3, -0.25) is 0 Å². The largest absolute Gasteiger partial charge is 0.309 e. The molecule has 0 aliphatic carbocycles. The lowest BCUT2D eigenvalue weighted by atomic mass is 9.93. The molecule has 0 saturated carbocycles. The summed E-state index contributed by atoms with van der Waals surface area (Å²) in [6, 6.07) is 68.5. The first-order chi connectivity index (χ1) is 27.8. The minimum absolute atomic E-state index is 0.633. The Hall–Kier alpha value is -7.21. The van der Waals surface area contributed by atoms with E-state index in [1.54, 1.807) is 0 Å². The number of para-hydroxylation sites is 2. The average Bonchev–Trinajstić information content (AvgIpc) is 3.82. The van der Waals surface area contributed by atoms with Crippen molar-refractivity contribution in [2.45, 2.75) is 0 Å². The molecule has 0 unspecified atom stereocenters. The van der Waals surface area contributed by atoms with Crippen LogP contribution in [0, 0.1) is 0 Å². The highest BCUT2D eigenvalue weighted by Crippen LogP contribution is 2.45. The summed E-state index contributed by atoms with van der Waals surface area (Å²) in [5, 5.41) is 5.06. The van der Waals surface area contributed by atoms with Crippen molar-refractivity contribution in [3.8, 4) is 62.1 Å². The SMILES string of the molecule is c1ccc(-c2ccc(-c3ccc4sc5ccc6c(c7ccccc7n6-c6ccccc6)c5c4c3)c(-c3nc(-c4ccccc4)nc(-c4ccccc4)n3)c2)cc1. The van der Waals surface area contributed by atoms with Crippen molar-refractivity contribution in [3.63, 3.8) is 0 Å². The Labute approximate surface area is 327 Å². The summed E-state index contributed by atoms with van der Waals surface area (Å²) in [7, 11) is 0. The lowest BCUT2D eigenvalue weighted by molar-refractivity contribution is 1.07. The van der Waals surface area contributed by atoms with Crippen LogP contribution in [0.3, 0.4) is 0 Å². The Morgan fingerprint density at radius 2 is 0.911 bits per heavy atom. The molecule has 0 N–H and O–H groups in total. The zero-order valence-corrected chi connectivity index (χ0v) is 31.0. The van der Waals surface area contributed by atoms with Crippen LogP contribution >= 0.6 is 11.3 Å². The Balaban J connectivity index is 1.18. The second-order valence-electron chi connectivity index (χ2n) is 14.0. The summed E-state index contributed by atoms with van der Waals surface area (Å²) in [5.41, 5.74) is 10.8. The highest BCUT2D eigenvalue weighted by molar-refractivity contribution is 7.26. The van der Waals surface area contributed by atoms with Gasteiger partial charge >= 0.3 is 0 Å². The fraction of sp³-hybridized carbons (Fsp3) is 0. The number of nitrogens with zero attached hydrogens (tertiary/aromatic N) is 4. The zero-order valence-electron chi connectivity index (χ0n) is 30.2. The monoisotopic (exact) mass is 732 g/mol. The number of thiophene rings is 1. The fourth-order valence-electron chi connectivity index (χ4n) is 8.07. The number of benzene rings is 8. The van der Waals surface area contributed by atoms with Gasteiger partial charge in [0.15, 0.2) is 17.5 Å². The van der Waals surface area contributed by atoms with Crippen molar-refractivity contribution in [2.24, 2.45) is 0 Å². The molecule has 0 saturated heterocycles. The second kappa shape index (κ2) is 13.3. The van der Waals surface area contributed by atoms with Crippen molar-refractivity contribution in [2.75, 3.05) is 0 Å². The van der Waals surface area contributed by atoms with E-state index in [1.165, 1.54) is 42.0 Å². The average molecular weight is 733 g/mol. The minimum atomic E-state index is 0.633. The molecule has 8 aromatic carbocycles. The van der Waals surface area contributed by atoms with E-state index >= 15 is 0 Å². The van der Waals surface area contributed by atoms with Crippen LogP contribution in [0.4, 0.5) is 0 Å². The predicted octanol–water partition coefficient (Wildman–Crippen LogP) is 13.7. The molecular weight excluding hydrogens is 701 g/mol. The normalized spacial score (nSPS) is 11.6. The van der Waals surface area contributed by atoms with E-state index in [1.807, 2.05) is 47.7 Å². The number of hydrogen-bond acceptors (Lipinski definition) is 4. The van der Waals surface area contributed by atoms with Crippen molar-refractivity contribution in [3.05, 3.63) is 194 Å². The third-order valence-electron chi connectivity index (χ3n) is 10.7. The molecule has 0 spiro atoms. The van der Waals surface area contributed by atoms with Gasteiger partial charge in [-0.05, 0) is 70.8 Å². The molecule has 4 nitrogen and oxygen atoms in total. The zero-order chi connectivity index (χ0) is 37.0. The summed E-state index contributed by atoms with van der Waals surface area (Å²) in [4.78, 5) is 15.4. The molecule has 262 valence electrons. The van der Waals surface area contributed by atoms with E-state index < -0.39 is 0 Å². The summed E-state index contributed by atoms with van der Waals surface area (Å²) < 4.78 is 4.93. The van der Waals surface area contributed by atoms with Crippen LogP contribution in [-0.4, -0.2) is 19.5 Å². The summed E-state index contributed by atoms with van der Waals surface area (Å²) in [6.45, 7) is 0. The Bertz CT molecular complexity index is 3170. The van der Waals surface area contributed by atoms with Crippen LogP contribution in [-0.2, 0) is 0 Å². The van der Waals surface area contributed by atoms with Crippen molar-refractivity contribution >= 4 is 53.3 Å². The molecular formula is C51H32N4S. The first kappa shape index (κ1) is 32.2. The van der Waals surface area contributed by atoms with Gasteiger partial charge in [-0.15, -0.1) is 11.3 Å². The fourth-order valence-corrected chi connectivity index (χ4v) is 9.16. The molecule has 5 heteroatoms. The second-order valence-corrected chi connectivity index (χ2v) is 15.1. The first-order valence-corrected chi connectivity index (χ1v) is 19.6. The number of aromatic nitrogens is 4. The maximum Gasteiger partial charge on any atom is 0.164 e. The van der Waals surface area contributed by atoms with Crippen LogP contribution in [0.5, 0.6) is 0 Å². The molecule has 0 amide bonds. The molecule has 0 radical (unpaired) electrons. The Morgan fingerprint density at radius 1 is 0.339 bits per heavy atom. The number of fused-ring (bicyclic) bond motifs is 7. The van der Waals surface area contributed by atoms with Gasteiger partial charge in [-0.25, -0.2) is 15.0 Å². The number of rotatable bonds is 6. The van der Waals surface area contributed by atoms with Crippen LogP contribution in [0.2, 0.25) is 0 Å². The maximum absolute atomic E-state index is 5.21. The van der Waals surface area contributed by atoms with Gasteiger partial charge in [0.25, 0.3) is 0 Å². The molecule has 0 atom stereocenters. The minimum Gasteiger partial charge on any atom is -0.309 e. The summed E-state index contributed by atoms with van der Waals surface area (Å²) in [5.74, 6) is 1.91. The predicted molar refractivity (Wildman–Crippen MR) is 234 cm³/mol. The first-order valence-electron chi connectivity index (χ1n) is 18.8. The quantitative estimate of drug-likeness (QED) is 0.171. The molecule has 56 heavy (non-hydrogen) atoms. The van der Waals surface area contributed by atoms with Gasteiger partial charge in [0.1, 0.15) is 0 Å². The van der Waals surface area contributed by atoms with Gasteiger partial charge in [0.05, 0.1) is 11.0 Å². The Morgan fingerprint density at radius 3 is 1.61 bits per heavy atom. The van der Waals surface area contributed by atoms with Gasteiger partial charge in [-0.1, -0.05) is 146 Å². The highest BCUT2D eigenvalue weighted by atomic mass is 32.1. The van der Waals surface area contributed by atoms with E-state index in [0.717, 1.165) is 44.6 Å². The Kier molecular flexibility index (Phi) is 7.64. The lowest BCUT2D eigenvalue weighted by Gasteiger charge is -2.14. The molecule has 3 aromatic heterocycles. The molecule has 3 heterocycles. The van der Waals surface area contributed by atoms with Crippen LogP contribution in [0.25, 0.3) is 104 Å². The van der Waals surface area contributed by atoms with Crippen LogP contribution in [0.15, 0.2) is 194 Å². The van der Waals surface area contributed by atoms with E-state index in [-0.39, 0.29) is 0 Å². The smallest absolute Gasteiger partial charge is 0.164 e. The van der Waals surface area contributed by atoms with Gasteiger partial charge in [-0.2, -0.15) is 0 Å². The van der Waals surface area contributed by atoms with Crippen LogP contribution in [0.1, 0.15) is 0 Å². The van der Waals surface area contributed by atoms with Crippen molar-refractivity contribution < 1.29 is 0 Å². The van der Waals surface area contributed by atoms with Crippen LogP contribution < -0.4 is 0 Å². The molecule has 11 aromatic rings. The third-order valence-corrected chi connectivity index (χ3v) is 11.8. The maximum atomic E-state index is 5.21. The summed E-state index contributed by atoms with van der Waals surface area (Å²) >= 11 is 1.85. The van der Waals surface area contributed by atoms with Gasteiger partial charge in [0, 0.05) is 53.3 Å². The van der Waals surface area contributed by atoms with E-state index in [9.17, 15) is 0 Å². The standard InChI is InChI=1S/C51H32N4S/c1-5-15-33(16-6-1)36-25-27-39(41(31-36)51-53-49(34-17-7-2-8-18-34)52-50(54-51)35-19-9-3-10-20-35)37-26-29-45-42(32-37)48-46(56-45)30-28-44-47(48)40-23-13-14-24-43(40)55(44)38-21-11-4-12-22-38/h1-32H. The van der Waals surface area contributed by atoms with E-state index in [4.69, 9.17) is 15.0 Å². The summed E-state index contributed by atoms with van der Waals surface area (Å²) in [6.07, 6.45) is 0. The van der Waals surface area contributed by atoms with Crippen molar-refractivity contribution in [1.82, 2.24) is 19.5 Å². The molecule has 0 fully saturated rings. The third kappa shape index (κ3) is 5.40. The van der Waals surface area contributed by atoms with Crippen molar-refractivity contribution in [1.29, 1.82) is 0 Å². The molecule has 0 bridgehead atoms. The molecule has 0 aliphatic heterocycles. The van der Waals surface area contributed by atoms with Gasteiger partial charge < -0.3 is 4.57 Å².